The molecule has 0 saturated carbocycles. The molecule has 0 aliphatic carbocycles. The predicted octanol–water partition coefficient (Wildman–Crippen LogP) is 4.09. The summed E-state index contributed by atoms with van der Waals surface area (Å²) in [6, 6.07) is 4.12. The van der Waals surface area contributed by atoms with Gasteiger partial charge < -0.3 is 9.84 Å². The number of hydrogen-bond acceptors (Lipinski definition) is 7. The molecule has 0 spiro atoms. The van der Waals surface area contributed by atoms with Crippen LogP contribution in [-0.2, 0) is 17.6 Å². The van der Waals surface area contributed by atoms with Crippen molar-refractivity contribution in [1.29, 1.82) is 0 Å². The Bertz CT molecular complexity index is 822. The number of aromatic nitrogens is 3. The van der Waals surface area contributed by atoms with Gasteiger partial charge in [-0.3, -0.25) is 4.79 Å². The van der Waals surface area contributed by atoms with Crippen molar-refractivity contribution in [1.82, 2.24) is 15.1 Å². The number of nitrogens with zero attached hydrogens (tertiary/aromatic N) is 3. The molecule has 0 aliphatic heterocycles. The Labute approximate surface area is 147 Å². The van der Waals surface area contributed by atoms with Crippen LogP contribution in [0, 0.1) is 6.92 Å². The Morgan fingerprint density at radius 2 is 2.21 bits per heavy atom. The first-order valence-corrected chi connectivity index (χ1v) is 9.47. The summed E-state index contributed by atoms with van der Waals surface area (Å²) in [5, 5.41) is 9.28. The molecular formula is C16H18N4O2S2. The van der Waals surface area contributed by atoms with Crippen LogP contribution in [0.4, 0.5) is 5.13 Å². The molecule has 0 saturated heterocycles. The summed E-state index contributed by atoms with van der Waals surface area (Å²) in [7, 11) is 0. The van der Waals surface area contributed by atoms with E-state index < -0.39 is 0 Å². The largest absolute Gasteiger partial charge is 0.339 e. The third-order valence-corrected chi connectivity index (χ3v) is 5.15. The molecule has 0 unspecified atom stereocenters. The lowest BCUT2D eigenvalue weighted by Gasteiger charge is -2.00. The van der Waals surface area contributed by atoms with Crippen molar-refractivity contribution in [2.75, 3.05) is 5.32 Å². The molecule has 0 atom stereocenters. The van der Waals surface area contributed by atoms with Gasteiger partial charge in [-0.25, -0.2) is 4.98 Å². The minimum atomic E-state index is -0.0477. The molecule has 1 amide bonds. The van der Waals surface area contributed by atoms with Crippen molar-refractivity contribution >= 4 is 33.7 Å². The number of amides is 1. The molecule has 6 nitrogen and oxygen atoms in total. The summed E-state index contributed by atoms with van der Waals surface area (Å²) in [6.07, 6.45) is 2.43. The molecule has 0 fully saturated rings. The summed E-state index contributed by atoms with van der Waals surface area (Å²) in [4.78, 5) is 23.1. The van der Waals surface area contributed by atoms with Crippen LogP contribution in [0.3, 0.4) is 0 Å². The lowest BCUT2D eigenvalue weighted by Crippen LogP contribution is -2.11. The average molecular weight is 362 g/mol. The van der Waals surface area contributed by atoms with Gasteiger partial charge in [0.15, 0.2) is 11.0 Å². The molecule has 1 N–H and O–H groups in total. The van der Waals surface area contributed by atoms with E-state index in [2.05, 4.69) is 39.5 Å². The first-order chi connectivity index (χ1) is 11.6. The Balaban J connectivity index is 1.47. The molecule has 0 radical (unpaired) electrons. The van der Waals surface area contributed by atoms with E-state index >= 15 is 0 Å². The number of hydrogen-bond donors (Lipinski definition) is 1. The minimum absolute atomic E-state index is 0.0477. The molecular weight excluding hydrogens is 344 g/mol. The van der Waals surface area contributed by atoms with Crippen molar-refractivity contribution in [3.05, 3.63) is 34.1 Å². The van der Waals surface area contributed by atoms with Crippen molar-refractivity contribution in [3.63, 3.8) is 0 Å². The number of rotatable bonds is 7. The van der Waals surface area contributed by atoms with Crippen molar-refractivity contribution in [2.24, 2.45) is 0 Å². The van der Waals surface area contributed by atoms with E-state index in [1.165, 1.54) is 16.2 Å². The first kappa shape index (κ1) is 16.8. The van der Waals surface area contributed by atoms with Crippen LogP contribution in [0.1, 0.15) is 36.4 Å². The van der Waals surface area contributed by atoms with E-state index in [1.807, 2.05) is 12.3 Å². The number of carbonyl (C=O) groups excluding carboxylic acids is 1. The second-order valence-corrected chi connectivity index (χ2v) is 7.45. The fraction of sp³-hybridized carbons (Fsp3) is 0.375. The summed E-state index contributed by atoms with van der Waals surface area (Å²) < 4.78 is 5.11. The topological polar surface area (TPSA) is 80.9 Å². The first-order valence-electron chi connectivity index (χ1n) is 7.77. The van der Waals surface area contributed by atoms with Crippen molar-refractivity contribution in [3.8, 4) is 10.6 Å². The Kier molecular flexibility index (Phi) is 5.37. The maximum absolute atomic E-state index is 12.0. The van der Waals surface area contributed by atoms with Gasteiger partial charge in [0.25, 0.3) is 0 Å². The zero-order valence-electron chi connectivity index (χ0n) is 13.5. The third-order valence-electron chi connectivity index (χ3n) is 3.36. The van der Waals surface area contributed by atoms with Gasteiger partial charge >= 0.3 is 0 Å². The second-order valence-electron chi connectivity index (χ2n) is 5.31. The van der Waals surface area contributed by atoms with E-state index in [9.17, 15) is 4.79 Å². The maximum Gasteiger partial charge on any atom is 0.226 e. The van der Waals surface area contributed by atoms with Gasteiger partial charge in [-0.1, -0.05) is 12.1 Å². The number of thiophene rings is 1. The van der Waals surface area contributed by atoms with E-state index in [4.69, 9.17) is 4.52 Å². The molecule has 126 valence electrons. The Morgan fingerprint density at radius 1 is 1.33 bits per heavy atom. The van der Waals surface area contributed by atoms with Crippen molar-refractivity contribution < 1.29 is 9.32 Å². The van der Waals surface area contributed by atoms with Crippen LogP contribution in [0.2, 0.25) is 0 Å². The maximum atomic E-state index is 12.0. The van der Waals surface area contributed by atoms with Crippen LogP contribution >= 0.6 is 22.7 Å². The Hall–Kier alpha value is -2.06. The second kappa shape index (κ2) is 7.67. The number of anilines is 1. The summed E-state index contributed by atoms with van der Waals surface area (Å²) in [5.74, 6) is 1.24. The molecule has 0 aliphatic rings. The van der Waals surface area contributed by atoms with Crippen LogP contribution in [0.25, 0.3) is 10.6 Å². The zero-order valence-corrected chi connectivity index (χ0v) is 15.2. The molecule has 0 aromatic carbocycles. The summed E-state index contributed by atoms with van der Waals surface area (Å²) in [6.45, 7) is 4.04. The van der Waals surface area contributed by atoms with Gasteiger partial charge in [0, 0.05) is 29.5 Å². The molecule has 3 rings (SSSR count). The minimum Gasteiger partial charge on any atom is -0.339 e. The van der Waals surface area contributed by atoms with Gasteiger partial charge in [0.2, 0.25) is 11.8 Å². The predicted molar refractivity (Wildman–Crippen MR) is 95.4 cm³/mol. The van der Waals surface area contributed by atoms with Crippen LogP contribution < -0.4 is 5.32 Å². The number of aryl methyl sites for hydroxylation is 3. The number of thiazole rings is 1. The molecule has 8 heteroatoms. The van der Waals surface area contributed by atoms with Gasteiger partial charge in [0.05, 0.1) is 10.6 Å². The smallest absolute Gasteiger partial charge is 0.226 e. The summed E-state index contributed by atoms with van der Waals surface area (Å²) in [5.41, 5.74) is 0.909. The highest BCUT2D eigenvalue weighted by Crippen LogP contribution is 2.30. The van der Waals surface area contributed by atoms with Crippen molar-refractivity contribution in [2.45, 2.75) is 39.5 Å². The van der Waals surface area contributed by atoms with E-state index in [0.717, 1.165) is 17.0 Å². The Morgan fingerprint density at radius 3 is 2.92 bits per heavy atom. The van der Waals surface area contributed by atoms with Gasteiger partial charge in [0.1, 0.15) is 0 Å². The fourth-order valence-corrected chi connectivity index (χ4v) is 3.76. The molecule has 3 heterocycles. The SMILES string of the molecule is CCc1noc(CCCC(=O)Nc2nc(-c3ccc(C)s3)cs2)n1. The molecule has 24 heavy (non-hydrogen) atoms. The quantitative estimate of drug-likeness (QED) is 0.685. The molecule has 0 bridgehead atoms. The van der Waals surface area contributed by atoms with Crippen LogP contribution in [-0.4, -0.2) is 21.0 Å². The van der Waals surface area contributed by atoms with E-state index in [1.54, 1.807) is 11.3 Å². The number of nitrogens with one attached hydrogen (secondary N) is 1. The normalized spacial score (nSPS) is 10.9. The van der Waals surface area contributed by atoms with Gasteiger partial charge in [-0.05, 0) is 25.5 Å². The summed E-state index contributed by atoms with van der Waals surface area (Å²) >= 11 is 3.14. The van der Waals surface area contributed by atoms with Gasteiger partial charge in [-0.15, -0.1) is 22.7 Å². The van der Waals surface area contributed by atoms with Crippen LogP contribution in [0.5, 0.6) is 0 Å². The zero-order chi connectivity index (χ0) is 16.9. The lowest BCUT2D eigenvalue weighted by molar-refractivity contribution is -0.116. The third kappa shape index (κ3) is 4.27. The fourth-order valence-electron chi connectivity index (χ4n) is 2.13. The highest BCUT2D eigenvalue weighted by molar-refractivity contribution is 7.17. The average Bonchev–Trinajstić information content (AvgIpc) is 3.28. The van der Waals surface area contributed by atoms with E-state index in [0.29, 0.717) is 36.1 Å². The van der Waals surface area contributed by atoms with Gasteiger partial charge in [-0.2, -0.15) is 4.98 Å². The highest BCUT2D eigenvalue weighted by atomic mass is 32.1. The van der Waals surface area contributed by atoms with Crippen LogP contribution in [0.15, 0.2) is 22.0 Å². The lowest BCUT2D eigenvalue weighted by atomic mass is 10.2. The highest BCUT2D eigenvalue weighted by Gasteiger charge is 2.10. The standard InChI is InChI=1S/C16H18N4O2S2/c1-3-13-18-15(22-20-13)6-4-5-14(21)19-16-17-11(9-23-16)12-8-7-10(2)24-12/h7-9H,3-6H2,1-2H3,(H,17,19,21). The molecule has 3 aromatic rings. The molecule has 3 aromatic heterocycles. The van der Waals surface area contributed by atoms with E-state index in [-0.39, 0.29) is 5.91 Å². The number of carbonyl (C=O) groups is 1. The monoisotopic (exact) mass is 362 g/mol.